The molecule has 0 bridgehead atoms. The van der Waals surface area contributed by atoms with Gasteiger partial charge in [0, 0.05) is 12.6 Å². The first-order valence-electron chi connectivity index (χ1n) is 7.95. The molecule has 2 aliphatic rings. The standard InChI is InChI=1S/C17H23FN2O/c1-2-17(10-3-11-19-17)16(21)20(15-8-9-15)12-13-4-6-14(18)7-5-13/h4-7,15,19H,2-3,8-12H2,1H3. The van der Waals surface area contributed by atoms with Crippen molar-refractivity contribution in [3.63, 3.8) is 0 Å². The molecular formula is C17H23FN2O. The van der Waals surface area contributed by atoms with E-state index in [9.17, 15) is 9.18 Å². The molecule has 1 saturated heterocycles. The second-order valence-electron chi connectivity index (χ2n) is 6.26. The fourth-order valence-corrected chi connectivity index (χ4v) is 3.26. The zero-order valence-corrected chi connectivity index (χ0v) is 12.6. The highest BCUT2D eigenvalue weighted by molar-refractivity contribution is 5.87. The van der Waals surface area contributed by atoms with Gasteiger partial charge >= 0.3 is 0 Å². The highest BCUT2D eigenvalue weighted by atomic mass is 19.1. The van der Waals surface area contributed by atoms with Crippen LogP contribution in [0.3, 0.4) is 0 Å². The van der Waals surface area contributed by atoms with E-state index in [1.807, 2.05) is 4.90 Å². The molecule has 1 aromatic carbocycles. The molecule has 1 atom stereocenters. The van der Waals surface area contributed by atoms with Crippen LogP contribution in [0.25, 0.3) is 0 Å². The molecule has 0 aromatic heterocycles. The van der Waals surface area contributed by atoms with Crippen LogP contribution in [0.1, 0.15) is 44.6 Å². The van der Waals surface area contributed by atoms with Gasteiger partial charge in [-0.25, -0.2) is 4.39 Å². The van der Waals surface area contributed by atoms with E-state index in [-0.39, 0.29) is 17.3 Å². The van der Waals surface area contributed by atoms with Gasteiger partial charge in [0.1, 0.15) is 5.82 Å². The molecule has 0 spiro atoms. The van der Waals surface area contributed by atoms with Crippen molar-refractivity contribution in [3.8, 4) is 0 Å². The lowest BCUT2D eigenvalue weighted by Crippen LogP contribution is -2.54. The van der Waals surface area contributed by atoms with Crippen LogP contribution < -0.4 is 5.32 Å². The Balaban J connectivity index is 1.78. The van der Waals surface area contributed by atoms with E-state index < -0.39 is 0 Å². The summed E-state index contributed by atoms with van der Waals surface area (Å²) in [5, 5.41) is 3.43. The van der Waals surface area contributed by atoms with Crippen molar-refractivity contribution in [2.24, 2.45) is 0 Å². The first-order chi connectivity index (χ1) is 10.1. The Bertz CT molecular complexity index is 504. The number of halogens is 1. The average Bonchev–Trinajstić information content (AvgIpc) is 3.22. The third-order valence-corrected chi connectivity index (χ3v) is 4.77. The summed E-state index contributed by atoms with van der Waals surface area (Å²) in [5.41, 5.74) is 0.628. The van der Waals surface area contributed by atoms with Gasteiger partial charge in [0.15, 0.2) is 0 Å². The minimum atomic E-state index is -0.372. The van der Waals surface area contributed by atoms with Gasteiger partial charge in [-0.05, 0) is 56.3 Å². The molecule has 1 amide bonds. The van der Waals surface area contributed by atoms with E-state index in [0.29, 0.717) is 12.6 Å². The maximum absolute atomic E-state index is 13.0. The maximum Gasteiger partial charge on any atom is 0.243 e. The van der Waals surface area contributed by atoms with Crippen LogP contribution in [-0.4, -0.2) is 28.9 Å². The summed E-state index contributed by atoms with van der Waals surface area (Å²) in [6, 6.07) is 6.85. The Morgan fingerprint density at radius 1 is 1.38 bits per heavy atom. The molecule has 2 fully saturated rings. The topological polar surface area (TPSA) is 32.3 Å². The van der Waals surface area contributed by atoms with Gasteiger partial charge in [0.05, 0.1) is 5.54 Å². The first kappa shape index (κ1) is 14.5. The summed E-state index contributed by atoms with van der Waals surface area (Å²) in [4.78, 5) is 15.0. The summed E-state index contributed by atoms with van der Waals surface area (Å²) in [6.07, 6.45) is 5.00. The van der Waals surface area contributed by atoms with Crippen LogP contribution in [0.15, 0.2) is 24.3 Å². The third kappa shape index (κ3) is 2.95. The van der Waals surface area contributed by atoms with Gasteiger partial charge in [0.2, 0.25) is 5.91 Å². The van der Waals surface area contributed by atoms with Crippen LogP contribution in [-0.2, 0) is 11.3 Å². The number of nitrogens with zero attached hydrogens (tertiary/aromatic N) is 1. The molecule has 21 heavy (non-hydrogen) atoms. The Morgan fingerprint density at radius 3 is 2.62 bits per heavy atom. The SMILES string of the molecule is CCC1(C(=O)N(Cc2ccc(F)cc2)C2CC2)CCCN1. The monoisotopic (exact) mass is 290 g/mol. The number of rotatable bonds is 5. The quantitative estimate of drug-likeness (QED) is 0.904. The summed E-state index contributed by atoms with van der Waals surface area (Å²) in [5.74, 6) is -0.000128. The van der Waals surface area contributed by atoms with Crippen LogP contribution in [0, 0.1) is 5.82 Å². The average molecular weight is 290 g/mol. The van der Waals surface area contributed by atoms with E-state index in [0.717, 1.165) is 44.2 Å². The molecular weight excluding hydrogens is 267 g/mol. The largest absolute Gasteiger partial charge is 0.334 e. The minimum Gasteiger partial charge on any atom is -0.334 e. The van der Waals surface area contributed by atoms with Gasteiger partial charge in [0.25, 0.3) is 0 Å². The fourth-order valence-electron chi connectivity index (χ4n) is 3.26. The van der Waals surface area contributed by atoms with Gasteiger partial charge in [-0.3, -0.25) is 4.79 Å². The summed E-state index contributed by atoms with van der Waals surface area (Å²) in [6.45, 7) is 3.60. The van der Waals surface area contributed by atoms with Crippen molar-refractivity contribution in [3.05, 3.63) is 35.6 Å². The second-order valence-corrected chi connectivity index (χ2v) is 6.26. The molecule has 114 valence electrons. The molecule has 3 nitrogen and oxygen atoms in total. The molecule has 4 heteroatoms. The highest BCUT2D eigenvalue weighted by Crippen LogP contribution is 2.34. The number of hydrogen-bond acceptors (Lipinski definition) is 2. The molecule has 3 rings (SSSR count). The lowest BCUT2D eigenvalue weighted by atomic mass is 9.92. The molecule has 1 aromatic rings. The van der Waals surface area contributed by atoms with E-state index in [1.54, 1.807) is 12.1 Å². The predicted molar refractivity (Wildman–Crippen MR) is 80.2 cm³/mol. The smallest absolute Gasteiger partial charge is 0.243 e. The Morgan fingerprint density at radius 2 is 2.10 bits per heavy atom. The van der Waals surface area contributed by atoms with Crippen molar-refractivity contribution in [1.29, 1.82) is 0 Å². The van der Waals surface area contributed by atoms with Crippen molar-refractivity contribution in [2.45, 2.75) is 57.2 Å². The normalized spacial score (nSPS) is 25.0. The Hall–Kier alpha value is -1.42. The summed E-state index contributed by atoms with van der Waals surface area (Å²) < 4.78 is 13.0. The molecule has 1 N–H and O–H groups in total. The predicted octanol–water partition coefficient (Wildman–Crippen LogP) is 2.85. The fraction of sp³-hybridized carbons (Fsp3) is 0.588. The van der Waals surface area contributed by atoms with E-state index in [4.69, 9.17) is 0 Å². The zero-order chi connectivity index (χ0) is 14.9. The minimum absolute atomic E-state index is 0.231. The lowest BCUT2D eigenvalue weighted by molar-refractivity contribution is -0.139. The summed E-state index contributed by atoms with van der Waals surface area (Å²) in [7, 11) is 0. The maximum atomic E-state index is 13.0. The van der Waals surface area contributed by atoms with Gasteiger partial charge < -0.3 is 10.2 Å². The van der Waals surface area contributed by atoms with Crippen LogP contribution in [0.5, 0.6) is 0 Å². The van der Waals surface area contributed by atoms with E-state index in [2.05, 4.69) is 12.2 Å². The van der Waals surface area contributed by atoms with Gasteiger partial charge in [-0.2, -0.15) is 0 Å². The highest BCUT2D eigenvalue weighted by Gasteiger charge is 2.45. The van der Waals surface area contributed by atoms with Gasteiger partial charge in [-0.15, -0.1) is 0 Å². The molecule has 1 saturated carbocycles. The summed E-state index contributed by atoms with van der Waals surface area (Å²) >= 11 is 0. The number of carbonyl (C=O) groups excluding carboxylic acids is 1. The second kappa shape index (κ2) is 5.76. The van der Waals surface area contributed by atoms with Crippen LogP contribution in [0.2, 0.25) is 0 Å². The number of carbonyl (C=O) groups is 1. The number of nitrogens with one attached hydrogen (secondary N) is 1. The van der Waals surface area contributed by atoms with E-state index in [1.165, 1.54) is 12.1 Å². The zero-order valence-electron chi connectivity index (χ0n) is 12.6. The van der Waals surface area contributed by atoms with E-state index >= 15 is 0 Å². The first-order valence-corrected chi connectivity index (χ1v) is 7.95. The Labute approximate surface area is 125 Å². The lowest BCUT2D eigenvalue weighted by Gasteiger charge is -2.34. The van der Waals surface area contributed by atoms with Crippen molar-refractivity contribution in [1.82, 2.24) is 10.2 Å². The van der Waals surface area contributed by atoms with Crippen molar-refractivity contribution >= 4 is 5.91 Å². The van der Waals surface area contributed by atoms with Crippen LogP contribution in [0.4, 0.5) is 4.39 Å². The third-order valence-electron chi connectivity index (χ3n) is 4.77. The molecule has 1 unspecified atom stereocenters. The van der Waals surface area contributed by atoms with Crippen molar-refractivity contribution in [2.75, 3.05) is 6.54 Å². The molecule has 1 aliphatic heterocycles. The molecule has 1 aliphatic carbocycles. The Kier molecular flexibility index (Phi) is 3.98. The van der Waals surface area contributed by atoms with Gasteiger partial charge in [-0.1, -0.05) is 19.1 Å². The van der Waals surface area contributed by atoms with Crippen molar-refractivity contribution < 1.29 is 9.18 Å². The molecule has 0 radical (unpaired) electrons. The number of benzene rings is 1. The molecule has 1 heterocycles. The van der Waals surface area contributed by atoms with Crippen LogP contribution >= 0.6 is 0 Å². The number of amides is 1. The number of hydrogen-bond donors (Lipinski definition) is 1.